The van der Waals surface area contributed by atoms with Gasteiger partial charge in [-0.15, -0.1) is 17.0 Å². The van der Waals surface area contributed by atoms with E-state index in [1.165, 1.54) is 0 Å². The van der Waals surface area contributed by atoms with Gasteiger partial charge in [-0.1, -0.05) is 18.2 Å². The molecule has 2 aliphatic rings. The smallest absolute Gasteiger partial charge is 0.342 e. The quantitative estimate of drug-likeness (QED) is 0.622. The van der Waals surface area contributed by atoms with Crippen LogP contribution in [0.15, 0.2) is 30.3 Å². The van der Waals surface area contributed by atoms with Crippen LogP contribution < -0.4 is 4.74 Å². The first-order chi connectivity index (χ1) is 10.0. The number of rotatable bonds is 3. The van der Waals surface area contributed by atoms with Gasteiger partial charge in [0.2, 0.25) is 0 Å². The van der Waals surface area contributed by atoms with Crippen molar-refractivity contribution in [1.29, 1.82) is 0 Å². The number of nitrogens with zero attached hydrogens (tertiary/aromatic N) is 1. The molecule has 0 radical (unpaired) electrons. The largest absolute Gasteiger partial charge is 0.425 e. The SMILES string of the molecule is Br.CN1C2CCC1(C(O)C(=O)Oc1ccccc1)CC(O)C2. The molecule has 22 heavy (non-hydrogen) atoms. The van der Waals surface area contributed by atoms with Crippen molar-refractivity contribution in [3.05, 3.63) is 30.3 Å². The number of piperidine rings is 1. The summed E-state index contributed by atoms with van der Waals surface area (Å²) in [4.78, 5) is 14.3. The summed E-state index contributed by atoms with van der Waals surface area (Å²) in [6.45, 7) is 0. The van der Waals surface area contributed by atoms with E-state index in [-0.39, 0.29) is 23.0 Å². The molecule has 1 aromatic rings. The third-order valence-corrected chi connectivity index (χ3v) is 4.99. The van der Waals surface area contributed by atoms with E-state index in [0.29, 0.717) is 25.0 Å². The molecule has 0 saturated carbocycles. The number of benzene rings is 1. The molecule has 5 nitrogen and oxygen atoms in total. The number of para-hydroxylation sites is 1. The molecule has 2 bridgehead atoms. The van der Waals surface area contributed by atoms with Crippen molar-refractivity contribution in [3.8, 4) is 5.75 Å². The number of ether oxygens (including phenoxy) is 1. The summed E-state index contributed by atoms with van der Waals surface area (Å²) in [6.07, 6.45) is 0.999. The summed E-state index contributed by atoms with van der Waals surface area (Å²) in [5.74, 6) is -0.227. The van der Waals surface area contributed by atoms with Crippen molar-refractivity contribution in [1.82, 2.24) is 4.90 Å². The summed E-state index contributed by atoms with van der Waals surface area (Å²) in [7, 11) is 1.92. The fourth-order valence-electron chi connectivity index (χ4n) is 3.80. The molecule has 4 atom stereocenters. The second-order valence-corrected chi connectivity index (χ2v) is 6.14. The van der Waals surface area contributed by atoms with E-state index >= 15 is 0 Å². The summed E-state index contributed by atoms with van der Waals surface area (Å²) in [5.41, 5.74) is -0.700. The molecular weight excluding hydrogens is 350 g/mol. The lowest BCUT2D eigenvalue weighted by Gasteiger charge is -2.46. The van der Waals surface area contributed by atoms with Gasteiger partial charge in [-0.2, -0.15) is 0 Å². The lowest BCUT2D eigenvalue weighted by atomic mass is 9.82. The molecular formula is C16H22BrNO4. The van der Waals surface area contributed by atoms with E-state index < -0.39 is 23.7 Å². The van der Waals surface area contributed by atoms with Crippen LogP contribution in [-0.2, 0) is 4.79 Å². The van der Waals surface area contributed by atoms with Gasteiger partial charge < -0.3 is 14.9 Å². The van der Waals surface area contributed by atoms with Crippen LogP contribution in [0.1, 0.15) is 25.7 Å². The highest BCUT2D eigenvalue weighted by Crippen LogP contribution is 2.45. The number of carbonyl (C=O) groups excluding carboxylic acids is 1. The molecule has 0 aliphatic carbocycles. The number of aliphatic hydroxyl groups is 2. The van der Waals surface area contributed by atoms with Gasteiger partial charge in [0.15, 0.2) is 6.10 Å². The second-order valence-electron chi connectivity index (χ2n) is 6.14. The van der Waals surface area contributed by atoms with Crippen LogP contribution >= 0.6 is 17.0 Å². The third kappa shape index (κ3) is 2.93. The van der Waals surface area contributed by atoms with Crippen molar-refractivity contribution in [3.63, 3.8) is 0 Å². The van der Waals surface area contributed by atoms with Gasteiger partial charge in [0, 0.05) is 6.04 Å². The molecule has 4 unspecified atom stereocenters. The molecule has 2 fully saturated rings. The predicted octanol–water partition coefficient (Wildman–Crippen LogP) is 1.52. The van der Waals surface area contributed by atoms with Crippen LogP contribution in [0.3, 0.4) is 0 Å². The minimum atomic E-state index is -1.25. The molecule has 3 rings (SSSR count). The maximum Gasteiger partial charge on any atom is 0.342 e. The van der Waals surface area contributed by atoms with Crippen LogP contribution in [-0.4, -0.2) is 51.9 Å². The van der Waals surface area contributed by atoms with E-state index in [0.717, 1.165) is 6.42 Å². The number of esters is 1. The van der Waals surface area contributed by atoms with Crippen molar-refractivity contribution >= 4 is 23.0 Å². The van der Waals surface area contributed by atoms with Crippen molar-refractivity contribution in [2.24, 2.45) is 0 Å². The summed E-state index contributed by atoms with van der Waals surface area (Å²) in [5, 5.41) is 20.5. The Hall–Kier alpha value is -0.950. The van der Waals surface area contributed by atoms with Gasteiger partial charge in [0.25, 0.3) is 0 Å². The Morgan fingerprint density at radius 2 is 2.09 bits per heavy atom. The molecule has 2 heterocycles. The fourth-order valence-corrected chi connectivity index (χ4v) is 3.80. The van der Waals surface area contributed by atoms with Gasteiger partial charge in [-0.25, -0.2) is 4.79 Å². The van der Waals surface area contributed by atoms with E-state index in [4.69, 9.17) is 4.74 Å². The van der Waals surface area contributed by atoms with Crippen molar-refractivity contribution in [2.45, 2.75) is 49.5 Å². The number of hydrogen-bond donors (Lipinski definition) is 2. The molecule has 0 spiro atoms. The van der Waals surface area contributed by atoms with Crippen LogP contribution in [0.2, 0.25) is 0 Å². The number of aliphatic hydroxyl groups excluding tert-OH is 2. The Morgan fingerprint density at radius 1 is 1.41 bits per heavy atom. The molecule has 0 aromatic heterocycles. The average molecular weight is 372 g/mol. The second kappa shape index (κ2) is 6.66. The molecule has 6 heteroatoms. The predicted molar refractivity (Wildman–Crippen MR) is 87.2 cm³/mol. The maximum absolute atomic E-state index is 12.3. The van der Waals surface area contributed by atoms with E-state index in [2.05, 4.69) is 4.90 Å². The zero-order valence-corrected chi connectivity index (χ0v) is 14.2. The first-order valence-corrected chi connectivity index (χ1v) is 7.39. The molecule has 1 aromatic carbocycles. The summed E-state index contributed by atoms with van der Waals surface area (Å²) < 4.78 is 5.26. The first kappa shape index (κ1) is 17.4. The topological polar surface area (TPSA) is 70.0 Å². The Balaban J connectivity index is 0.00000176. The molecule has 2 aliphatic heterocycles. The van der Waals surface area contributed by atoms with E-state index in [1.807, 2.05) is 13.1 Å². The number of fused-ring (bicyclic) bond motifs is 2. The zero-order valence-electron chi connectivity index (χ0n) is 12.5. The third-order valence-electron chi connectivity index (χ3n) is 4.99. The van der Waals surface area contributed by atoms with Crippen LogP contribution in [0.25, 0.3) is 0 Å². The highest BCUT2D eigenvalue weighted by Gasteiger charge is 2.56. The molecule has 122 valence electrons. The lowest BCUT2D eigenvalue weighted by Crippen LogP contribution is -2.61. The standard InChI is InChI=1S/C16H21NO4.BrH/c1-17-11-7-8-16(17,10-12(18)9-11)14(19)15(20)21-13-5-3-2-4-6-13;/h2-6,11-12,14,18-19H,7-10H2,1H3;1H. The Morgan fingerprint density at radius 3 is 2.77 bits per heavy atom. The van der Waals surface area contributed by atoms with Crippen LogP contribution in [0.5, 0.6) is 5.75 Å². The van der Waals surface area contributed by atoms with E-state index in [1.54, 1.807) is 24.3 Å². The average Bonchev–Trinajstić information content (AvgIpc) is 2.68. The highest BCUT2D eigenvalue weighted by molar-refractivity contribution is 8.93. The Kier molecular flexibility index (Phi) is 5.27. The minimum absolute atomic E-state index is 0. The lowest BCUT2D eigenvalue weighted by molar-refractivity contribution is -0.156. The molecule has 2 saturated heterocycles. The van der Waals surface area contributed by atoms with Gasteiger partial charge in [0.1, 0.15) is 5.75 Å². The first-order valence-electron chi connectivity index (χ1n) is 7.39. The van der Waals surface area contributed by atoms with Gasteiger partial charge in [-0.05, 0) is 44.9 Å². The number of likely N-dealkylation sites (N-methyl/N-ethyl adjacent to an activating group) is 1. The zero-order chi connectivity index (χ0) is 15.0. The van der Waals surface area contributed by atoms with Gasteiger partial charge >= 0.3 is 5.97 Å². The van der Waals surface area contributed by atoms with Crippen LogP contribution in [0.4, 0.5) is 0 Å². The Bertz CT molecular complexity index is 526. The fraction of sp³-hybridized carbons (Fsp3) is 0.562. The van der Waals surface area contributed by atoms with Crippen LogP contribution in [0, 0.1) is 0 Å². The normalized spacial score (nSPS) is 32.1. The number of halogens is 1. The molecule has 0 amide bonds. The van der Waals surface area contributed by atoms with Gasteiger partial charge in [-0.3, -0.25) is 4.90 Å². The monoisotopic (exact) mass is 371 g/mol. The number of carbonyl (C=O) groups is 1. The van der Waals surface area contributed by atoms with Gasteiger partial charge in [0.05, 0.1) is 11.6 Å². The van der Waals surface area contributed by atoms with E-state index in [9.17, 15) is 15.0 Å². The Labute approximate surface area is 140 Å². The van der Waals surface area contributed by atoms with Crippen molar-refractivity contribution in [2.75, 3.05) is 7.05 Å². The number of hydrogen-bond acceptors (Lipinski definition) is 5. The minimum Gasteiger partial charge on any atom is -0.425 e. The summed E-state index contributed by atoms with van der Waals surface area (Å²) >= 11 is 0. The van der Waals surface area contributed by atoms with Crippen molar-refractivity contribution < 1.29 is 19.7 Å². The summed E-state index contributed by atoms with van der Waals surface area (Å²) in [6, 6.07) is 8.97. The highest BCUT2D eigenvalue weighted by atomic mass is 79.9. The maximum atomic E-state index is 12.3. The molecule has 2 N–H and O–H groups in total.